The first-order valence-electron chi connectivity index (χ1n) is 8.29. The van der Waals surface area contributed by atoms with Crippen LogP contribution in [0.15, 0.2) is 30.3 Å². The molecule has 0 amide bonds. The van der Waals surface area contributed by atoms with Crippen molar-refractivity contribution >= 4 is 0 Å². The van der Waals surface area contributed by atoms with E-state index in [9.17, 15) is 4.39 Å². The molecule has 2 aliphatic heterocycles. The molecule has 1 aromatic carbocycles. The van der Waals surface area contributed by atoms with Crippen LogP contribution in [-0.4, -0.2) is 57.1 Å². The minimum Gasteiger partial charge on any atom is -0.365 e. The Bertz CT molecular complexity index is 572. The van der Waals surface area contributed by atoms with Gasteiger partial charge in [-0.15, -0.1) is 0 Å². The number of hydrogen-bond acceptors (Lipinski definition) is 6. The highest BCUT2D eigenvalue weighted by Gasteiger charge is 2.60. The number of benzene rings is 1. The van der Waals surface area contributed by atoms with Crippen molar-refractivity contribution in [2.45, 2.75) is 56.7 Å². The van der Waals surface area contributed by atoms with Gasteiger partial charge in [0.25, 0.3) is 0 Å². The zero-order chi connectivity index (χ0) is 18.1. The Morgan fingerprint density at radius 3 is 2.36 bits per heavy atom. The Morgan fingerprint density at radius 2 is 1.72 bits per heavy atom. The second-order valence-corrected chi connectivity index (χ2v) is 6.48. The van der Waals surface area contributed by atoms with E-state index >= 15 is 0 Å². The minimum atomic E-state index is -1.61. The fraction of sp³-hybridized carbons (Fsp3) is 0.667. The molecule has 0 bridgehead atoms. The van der Waals surface area contributed by atoms with Gasteiger partial charge in [-0.1, -0.05) is 30.3 Å². The van der Waals surface area contributed by atoms with E-state index in [4.69, 9.17) is 28.4 Å². The maximum Gasteiger partial charge on any atom is 0.228 e. The Labute approximate surface area is 147 Å². The highest BCUT2D eigenvalue weighted by molar-refractivity contribution is 5.13. The molecule has 6 atom stereocenters. The van der Waals surface area contributed by atoms with E-state index in [0.717, 1.165) is 5.56 Å². The van der Waals surface area contributed by atoms with Crippen molar-refractivity contribution in [3.63, 3.8) is 0 Å². The topological polar surface area (TPSA) is 55.4 Å². The number of methoxy groups -OCH3 is 2. The highest BCUT2D eigenvalue weighted by Crippen LogP contribution is 2.42. The largest absolute Gasteiger partial charge is 0.365 e. The summed E-state index contributed by atoms with van der Waals surface area (Å²) in [5.74, 6) is -2.37. The molecule has 25 heavy (non-hydrogen) atoms. The van der Waals surface area contributed by atoms with E-state index in [1.54, 1.807) is 13.8 Å². The van der Waals surface area contributed by atoms with E-state index in [-0.39, 0.29) is 13.2 Å². The lowest BCUT2D eigenvalue weighted by atomic mass is 9.98. The lowest BCUT2D eigenvalue weighted by molar-refractivity contribution is -0.470. The summed E-state index contributed by atoms with van der Waals surface area (Å²) in [5.41, 5.74) is 0.935. The summed E-state index contributed by atoms with van der Waals surface area (Å²) >= 11 is 0. The van der Waals surface area contributed by atoms with Crippen LogP contribution in [0, 0.1) is 0 Å². The van der Waals surface area contributed by atoms with Gasteiger partial charge >= 0.3 is 0 Å². The average Bonchev–Trinajstić information content (AvgIpc) is 2.63. The molecule has 0 spiro atoms. The summed E-state index contributed by atoms with van der Waals surface area (Å²) < 4.78 is 48.4. The molecule has 0 saturated carbocycles. The number of hydrogen-bond donors (Lipinski definition) is 0. The third kappa shape index (κ3) is 3.45. The van der Waals surface area contributed by atoms with E-state index in [1.807, 2.05) is 30.3 Å². The lowest BCUT2D eigenvalue weighted by Crippen LogP contribution is -2.70. The summed E-state index contributed by atoms with van der Waals surface area (Å²) in [5, 5.41) is 0. The van der Waals surface area contributed by atoms with E-state index in [2.05, 4.69) is 0 Å². The molecule has 0 radical (unpaired) electrons. The van der Waals surface area contributed by atoms with Gasteiger partial charge < -0.3 is 28.4 Å². The third-order valence-corrected chi connectivity index (χ3v) is 4.99. The van der Waals surface area contributed by atoms with Crippen molar-refractivity contribution in [3.8, 4) is 0 Å². The average molecular weight is 356 g/mol. The number of rotatable bonds is 5. The SMILES string of the molecule is CO[C@@]1(C)O[C@H]2[C@@H](COC(F)[C@@H]2OCc2ccccc2)O[C@]1(C)OC. The molecule has 7 heteroatoms. The molecule has 2 aliphatic rings. The van der Waals surface area contributed by atoms with Crippen molar-refractivity contribution in [3.05, 3.63) is 35.9 Å². The van der Waals surface area contributed by atoms with E-state index in [0.29, 0.717) is 0 Å². The van der Waals surface area contributed by atoms with Crippen LogP contribution in [0.5, 0.6) is 0 Å². The number of ether oxygens (including phenoxy) is 6. The summed E-state index contributed by atoms with van der Waals surface area (Å²) in [6, 6.07) is 9.53. The Balaban J connectivity index is 1.77. The first kappa shape index (κ1) is 18.7. The smallest absolute Gasteiger partial charge is 0.228 e. The molecule has 0 aliphatic carbocycles. The van der Waals surface area contributed by atoms with Crippen LogP contribution in [-0.2, 0) is 35.0 Å². The number of halogens is 1. The maximum atomic E-state index is 14.4. The van der Waals surface area contributed by atoms with Crippen molar-refractivity contribution in [2.24, 2.45) is 0 Å². The molecular weight excluding hydrogens is 331 g/mol. The fourth-order valence-electron chi connectivity index (χ4n) is 3.15. The van der Waals surface area contributed by atoms with Crippen molar-refractivity contribution in [1.82, 2.24) is 0 Å². The molecule has 2 fully saturated rings. The van der Waals surface area contributed by atoms with Crippen LogP contribution in [0.3, 0.4) is 0 Å². The quantitative estimate of drug-likeness (QED) is 0.808. The summed E-state index contributed by atoms with van der Waals surface area (Å²) in [7, 11) is 3.00. The van der Waals surface area contributed by atoms with Gasteiger partial charge in [-0.05, 0) is 19.4 Å². The fourth-order valence-corrected chi connectivity index (χ4v) is 3.15. The van der Waals surface area contributed by atoms with E-state index < -0.39 is 36.2 Å². The summed E-state index contributed by atoms with van der Waals surface area (Å²) in [4.78, 5) is 0. The number of fused-ring (bicyclic) bond motifs is 1. The summed E-state index contributed by atoms with van der Waals surface area (Å²) in [6.45, 7) is 3.71. The highest BCUT2D eigenvalue weighted by atomic mass is 19.1. The predicted octanol–water partition coefficient (Wildman–Crippen LogP) is 2.41. The molecule has 2 saturated heterocycles. The van der Waals surface area contributed by atoms with Gasteiger partial charge in [0.15, 0.2) is 0 Å². The van der Waals surface area contributed by atoms with Crippen molar-refractivity contribution in [1.29, 1.82) is 0 Å². The lowest BCUT2D eigenvalue weighted by Gasteiger charge is -2.54. The van der Waals surface area contributed by atoms with Crippen LogP contribution in [0.25, 0.3) is 0 Å². The first-order valence-corrected chi connectivity index (χ1v) is 8.29. The van der Waals surface area contributed by atoms with E-state index in [1.165, 1.54) is 14.2 Å². The predicted molar refractivity (Wildman–Crippen MR) is 86.4 cm³/mol. The van der Waals surface area contributed by atoms with Crippen LogP contribution in [0.1, 0.15) is 19.4 Å². The molecule has 3 rings (SSSR count). The molecule has 1 unspecified atom stereocenters. The summed E-state index contributed by atoms with van der Waals surface area (Å²) in [6.07, 6.45) is -3.75. The second-order valence-electron chi connectivity index (χ2n) is 6.48. The molecule has 1 aromatic rings. The van der Waals surface area contributed by atoms with Gasteiger partial charge in [-0.3, -0.25) is 0 Å². The molecule has 2 heterocycles. The van der Waals surface area contributed by atoms with Crippen molar-refractivity contribution < 1.29 is 32.8 Å². The Kier molecular flexibility index (Phi) is 5.43. The van der Waals surface area contributed by atoms with Gasteiger partial charge in [0.1, 0.15) is 18.3 Å². The normalized spacial score (nSPS) is 41.3. The molecule has 6 nitrogen and oxygen atoms in total. The zero-order valence-electron chi connectivity index (χ0n) is 14.9. The molecule has 0 N–H and O–H groups in total. The molecule has 140 valence electrons. The molecular formula is C18H25FO6. The zero-order valence-corrected chi connectivity index (χ0v) is 14.9. The van der Waals surface area contributed by atoms with Gasteiger partial charge in [0.05, 0.1) is 13.2 Å². The van der Waals surface area contributed by atoms with Gasteiger partial charge in [-0.25, -0.2) is 4.39 Å². The third-order valence-electron chi connectivity index (χ3n) is 4.99. The van der Waals surface area contributed by atoms with Crippen LogP contribution in [0.4, 0.5) is 4.39 Å². The monoisotopic (exact) mass is 356 g/mol. The maximum absolute atomic E-state index is 14.4. The first-order chi connectivity index (χ1) is 11.9. The van der Waals surface area contributed by atoms with Crippen LogP contribution >= 0.6 is 0 Å². The van der Waals surface area contributed by atoms with Gasteiger partial charge in [0.2, 0.25) is 17.9 Å². The van der Waals surface area contributed by atoms with Crippen LogP contribution < -0.4 is 0 Å². The van der Waals surface area contributed by atoms with Crippen molar-refractivity contribution in [2.75, 3.05) is 20.8 Å². The molecule has 0 aromatic heterocycles. The van der Waals surface area contributed by atoms with Gasteiger partial charge in [-0.2, -0.15) is 0 Å². The second kappa shape index (κ2) is 7.26. The van der Waals surface area contributed by atoms with Gasteiger partial charge in [0, 0.05) is 14.2 Å². The number of alkyl halides is 1. The standard InChI is InChI=1S/C18H25FO6/c1-17(20-3)18(2,21-4)25-14-13(24-17)11-23-16(19)15(14)22-10-12-8-6-5-7-9-12/h5-9,13-16H,10-11H2,1-4H3/t13-,14+,15-,16?,17+,18+/m1/s1. The Hall–Kier alpha value is -1.09. The Morgan fingerprint density at radius 1 is 1.08 bits per heavy atom. The minimum absolute atomic E-state index is 0.0514. The van der Waals surface area contributed by atoms with Crippen LogP contribution in [0.2, 0.25) is 0 Å².